The second-order valence-corrected chi connectivity index (χ2v) is 5.06. The first-order chi connectivity index (χ1) is 10.6. The van der Waals surface area contributed by atoms with Crippen molar-refractivity contribution in [3.63, 3.8) is 0 Å². The number of methoxy groups -OCH3 is 2. The Bertz CT molecular complexity index is 639. The summed E-state index contributed by atoms with van der Waals surface area (Å²) in [6.07, 6.45) is 0.761. The van der Waals surface area contributed by atoms with Gasteiger partial charge in [-0.1, -0.05) is 24.3 Å². The summed E-state index contributed by atoms with van der Waals surface area (Å²) in [5, 5.41) is 6.50. The Labute approximate surface area is 132 Å². The maximum absolute atomic E-state index is 5.33. The van der Waals surface area contributed by atoms with Crippen LogP contribution >= 0.6 is 0 Å². The summed E-state index contributed by atoms with van der Waals surface area (Å²) < 4.78 is 10.6. The Morgan fingerprint density at radius 2 is 1.68 bits per heavy atom. The van der Waals surface area contributed by atoms with Crippen LogP contribution in [-0.2, 0) is 6.42 Å². The number of benzene rings is 2. The normalized spacial score (nSPS) is 11.2. The Balaban J connectivity index is 2.11. The van der Waals surface area contributed by atoms with Crippen LogP contribution in [0.15, 0.2) is 53.6 Å². The Morgan fingerprint density at radius 1 is 1.00 bits per heavy atom. The van der Waals surface area contributed by atoms with Crippen molar-refractivity contribution in [2.75, 3.05) is 26.3 Å². The molecule has 2 rings (SSSR count). The van der Waals surface area contributed by atoms with Gasteiger partial charge < -0.3 is 9.47 Å². The third-order valence-electron chi connectivity index (χ3n) is 3.36. The zero-order chi connectivity index (χ0) is 15.9. The average Bonchev–Trinajstić information content (AvgIpc) is 2.55. The van der Waals surface area contributed by atoms with Gasteiger partial charge in [0.25, 0.3) is 0 Å². The molecule has 0 bridgehead atoms. The van der Waals surface area contributed by atoms with E-state index < -0.39 is 0 Å². The molecular weight excluding hydrogens is 276 g/mol. The highest BCUT2D eigenvalue weighted by Gasteiger charge is 2.06. The number of para-hydroxylation sites is 1. The molecule has 0 aromatic heterocycles. The van der Waals surface area contributed by atoms with Crippen LogP contribution in [-0.4, -0.2) is 27.0 Å². The van der Waals surface area contributed by atoms with Crippen LogP contribution in [0, 0.1) is 0 Å². The summed E-state index contributed by atoms with van der Waals surface area (Å²) in [6, 6.07) is 16.0. The number of hydrogen-bond acceptors (Lipinski definition) is 4. The minimum atomic E-state index is 0.738. The molecule has 0 unspecified atom stereocenters. The molecule has 4 nitrogen and oxygen atoms in total. The molecule has 2 aromatic carbocycles. The van der Waals surface area contributed by atoms with Crippen molar-refractivity contribution < 1.29 is 9.47 Å². The molecule has 0 saturated carbocycles. The van der Waals surface area contributed by atoms with Crippen molar-refractivity contribution in [1.82, 2.24) is 0 Å². The van der Waals surface area contributed by atoms with Gasteiger partial charge in [0.05, 0.1) is 19.9 Å². The molecule has 22 heavy (non-hydrogen) atoms. The quantitative estimate of drug-likeness (QED) is 0.601. The molecule has 0 spiro atoms. The van der Waals surface area contributed by atoms with Gasteiger partial charge in [-0.05, 0) is 36.8 Å². The molecule has 0 heterocycles. The molecule has 2 aromatic rings. The van der Waals surface area contributed by atoms with Crippen LogP contribution in [0.4, 0.5) is 5.69 Å². The number of ether oxygens (including phenoxy) is 2. The number of hydrogen-bond donors (Lipinski definition) is 0. The number of hydrazone groups is 1. The summed E-state index contributed by atoms with van der Waals surface area (Å²) in [7, 11) is 5.23. The van der Waals surface area contributed by atoms with Gasteiger partial charge in [0.15, 0.2) is 11.5 Å². The monoisotopic (exact) mass is 298 g/mol. The van der Waals surface area contributed by atoms with Crippen LogP contribution in [0.1, 0.15) is 12.5 Å². The summed E-state index contributed by atoms with van der Waals surface area (Å²) in [5.41, 5.74) is 3.23. The number of rotatable bonds is 6. The van der Waals surface area contributed by atoms with Crippen LogP contribution in [0.3, 0.4) is 0 Å². The fourth-order valence-corrected chi connectivity index (χ4v) is 2.28. The lowest BCUT2D eigenvalue weighted by molar-refractivity contribution is 0.354. The average molecular weight is 298 g/mol. The summed E-state index contributed by atoms with van der Waals surface area (Å²) >= 11 is 0. The Hall–Kier alpha value is -2.49. The van der Waals surface area contributed by atoms with Gasteiger partial charge in [-0.2, -0.15) is 5.10 Å². The lowest BCUT2D eigenvalue weighted by Crippen LogP contribution is -2.12. The topological polar surface area (TPSA) is 34.1 Å². The van der Waals surface area contributed by atoms with Crippen LogP contribution in [0.2, 0.25) is 0 Å². The van der Waals surface area contributed by atoms with Crippen LogP contribution in [0.5, 0.6) is 11.5 Å². The fourth-order valence-electron chi connectivity index (χ4n) is 2.28. The van der Waals surface area contributed by atoms with E-state index in [1.165, 1.54) is 0 Å². The zero-order valence-electron chi connectivity index (χ0n) is 13.5. The maximum atomic E-state index is 5.33. The lowest BCUT2D eigenvalue weighted by atomic mass is 10.1. The van der Waals surface area contributed by atoms with E-state index in [0.29, 0.717) is 0 Å². The predicted molar refractivity (Wildman–Crippen MR) is 91.2 cm³/mol. The Kier molecular flexibility index (Phi) is 5.42. The molecule has 0 saturated heterocycles. The van der Waals surface area contributed by atoms with Crippen molar-refractivity contribution in [3.05, 3.63) is 54.1 Å². The molecule has 116 valence electrons. The van der Waals surface area contributed by atoms with Crippen LogP contribution in [0.25, 0.3) is 0 Å². The third kappa shape index (κ3) is 4.01. The summed E-state index contributed by atoms with van der Waals surface area (Å²) in [6.45, 7) is 2.02. The highest BCUT2D eigenvalue weighted by molar-refractivity contribution is 5.85. The molecule has 0 N–H and O–H groups in total. The maximum Gasteiger partial charge on any atom is 0.160 e. The minimum absolute atomic E-state index is 0.738. The minimum Gasteiger partial charge on any atom is -0.493 e. The third-order valence-corrected chi connectivity index (χ3v) is 3.36. The first-order valence-electron chi connectivity index (χ1n) is 7.17. The summed E-state index contributed by atoms with van der Waals surface area (Å²) in [5.74, 6) is 1.48. The van der Waals surface area contributed by atoms with Crippen molar-refractivity contribution in [2.45, 2.75) is 13.3 Å². The highest BCUT2D eigenvalue weighted by atomic mass is 16.5. The van der Waals surface area contributed by atoms with Gasteiger partial charge in [-0.15, -0.1) is 0 Å². The number of anilines is 1. The second-order valence-electron chi connectivity index (χ2n) is 5.06. The lowest BCUT2D eigenvalue weighted by Gasteiger charge is -2.15. The van der Waals surface area contributed by atoms with Gasteiger partial charge >= 0.3 is 0 Å². The molecule has 4 heteroatoms. The fraction of sp³-hybridized carbons (Fsp3) is 0.278. The van der Waals surface area contributed by atoms with Gasteiger partial charge in [-0.25, -0.2) is 0 Å². The van der Waals surface area contributed by atoms with Crippen molar-refractivity contribution >= 4 is 11.4 Å². The number of nitrogens with zero attached hydrogens (tertiary/aromatic N) is 2. The van der Waals surface area contributed by atoms with E-state index in [4.69, 9.17) is 9.47 Å². The van der Waals surface area contributed by atoms with E-state index in [1.54, 1.807) is 14.2 Å². The van der Waals surface area contributed by atoms with E-state index in [1.807, 2.05) is 67.5 Å². The van der Waals surface area contributed by atoms with Crippen molar-refractivity contribution in [2.24, 2.45) is 5.10 Å². The Morgan fingerprint density at radius 3 is 2.32 bits per heavy atom. The molecule has 0 amide bonds. The van der Waals surface area contributed by atoms with Gasteiger partial charge in [0, 0.05) is 19.2 Å². The summed E-state index contributed by atoms with van der Waals surface area (Å²) in [4.78, 5) is 0. The van der Waals surface area contributed by atoms with Gasteiger partial charge in [0.1, 0.15) is 0 Å². The van der Waals surface area contributed by atoms with E-state index in [-0.39, 0.29) is 0 Å². The standard InChI is InChI=1S/C18H22N2O2/c1-14(19-20(2)16-8-6-5-7-9-16)12-15-10-11-17(21-3)18(13-15)22-4/h5-11,13H,12H2,1-4H3. The zero-order valence-corrected chi connectivity index (χ0v) is 13.5. The van der Waals surface area contributed by atoms with Crippen LogP contribution < -0.4 is 14.5 Å². The molecule has 0 aliphatic rings. The largest absolute Gasteiger partial charge is 0.493 e. The highest BCUT2D eigenvalue weighted by Crippen LogP contribution is 2.27. The first-order valence-corrected chi connectivity index (χ1v) is 7.17. The molecule has 0 fully saturated rings. The van der Waals surface area contributed by atoms with Gasteiger partial charge in [0.2, 0.25) is 0 Å². The van der Waals surface area contributed by atoms with Crippen molar-refractivity contribution in [3.8, 4) is 11.5 Å². The van der Waals surface area contributed by atoms with E-state index >= 15 is 0 Å². The SMILES string of the molecule is COc1ccc(CC(C)=NN(C)c2ccccc2)cc1OC. The molecule has 0 aliphatic carbocycles. The molecule has 0 aliphatic heterocycles. The second kappa shape index (κ2) is 7.50. The smallest absolute Gasteiger partial charge is 0.160 e. The van der Waals surface area contributed by atoms with E-state index in [0.717, 1.165) is 34.9 Å². The van der Waals surface area contributed by atoms with E-state index in [2.05, 4.69) is 5.10 Å². The van der Waals surface area contributed by atoms with Gasteiger partial charge in [-0.3, -0.25) is 5.01 Å². The predicted octanol–water partition coefficient (Wildman–Crippen LogP) is 3.76. The van der Waals surface area contributed by atoms with E-state index in [9.17, 15) is 0 Å². The molecular formula is C18H22N2O2. The molecule has 0 radical (unpaired) electrons. The van der Waals surface area contributed by atoms with Crippen molar-refractivity contribution in [1.29, 1.82) is 0 Å². The molecule has 0 atom stereocenters. The first kappa shape index (κ1) is 15.9.